The molecule has 0 rings (SSSR count). The first-order valence-corrected chi connectivity index (χ1v) is 7.95. The second-order valence-electron chi connectivity index (χ2n) is 6.33. The van der Waals surface area contributed by atoms with Gasteiger partial charge < -0.3 is 19.3 Å². The lowest BCUT2D eigenvalue weighted by Crippen LogP contribution is -2.28. The van der Waals surface area contributed by atoms with Gasteiger partial charge in [0.15, 0.2) is 0 Å². The third-order valence-electron chi connectivity index (χ3n) is 2.61. The first-order chi connectivity index (χ1) is 11.0. The van der Waals surface area contributed by atoms with E-state index < -0.39 is 0 Å². The number of esters is 2. The molecule has 1 unspecified atom stereocenters. The minimum atomic E-state index is -0.315. The first-order valence-electron chi connectivity index (χ1n) is 7.95. The van der Waals surface area contributed by atoms with Gasteiger partial charge in [-0.2, -0.15) is 0 Å². The smallest absolute Gasteiger partial charge is 0.333 e. The maximum atomic E-state index is 11.0. The monoisotopic (exact) mass is 342 g/mol. The summed E-state index contributed by atoms with van der Waals surface area (Å²) < 4.78 is 9.93. The van der Waals surface area contributed by atoms with E-state index in [9.17, 15) is 9.59 Å². The molecule has 0 aliphatic carbocycles. The third kappa shape index (κ3) is 16.7. The predicted molar refractivity (Wildman–Crippen MR) is 97.9 cm³/mol. The molecule has 1 atom stereocenters. The van der Waals surface area contributed by atoms with Crippen LogP contribution in [0.5, 0.6) is 0 Å². The van der Waals surface area contributed by atoms with Crippen molar-refractivity contribution in [2.75, 3.05) is 47.9 Å². The number of rotatable bonds is 9. The van der Waals surface area contributed by atoms with Crippen LogP contribution >= 0.6 is 0 Å². The van der Waals surface area contributed by atoms with Gasteiger partial charge in [0.05, 0.1) is 6.61 Å². The van der Waals surface area contributed by atoms with Gasteiger partial charge in [-0.05, 0) is 55.4 Å². The number of carbonyl (C=O) groups excluding carboxylic acids is 2. The standard InChI is InChI=1S/2C9H17NO2/c1-7(2)9(11)12-8(3)6-10(4)5;1-8(2)9(11)12-7-5-6-10(3)4/h8H,1,6H2,2-5H3;1,5-7H2,2-4H3. The molecule has 0 fully saturated rings. The second-order valence-corrected chi connectivity index (χ2v) is 6.33. The fourth-order valence-corrected chi connectivity index (χ4v) is 1.50. The SMILES string of the molecule is C=C(C)C(=O)OC(C)CN(C)C.C=C(C)C(=O)OCCCN(C)C. The molecule has 0 aliphatic heterocycles. The first kappa shape index (κ1) is 24.6. The Bertz CT molecular complexity index is 417. The van der Waals surface area contributed by atoms with Crippen LogP contribution in [-0.4, -0.2) is 75.7 Å². The molecule has 0 aromatic carbocycles. The van der Waals surface area contributed by atoms with Crippen molar-refractivity contribution in [1.82, 2.24) is 9.80 Å². The molecule has 140 valence electrons. The van der Waals surface area contributed by atoms with Crippen LogP contribution in [0.15, 0.2) is 24.3 Å². The van der Waals surface area contributed by atoms with Gasteiger partial charge in [-0.25, -0.2) is 9.59 Å². The number of likely N-dealkylation sites (N-methyl/N-ethyl adjacent to an activating group) is 1. The summed E-state index contributed by atoms with van der Waals surface area (Å²) >= 11 is 0. The molecular weight excluding hydrogens is 308 g/mol. The highest BCUT2D eigenvalue weighted by Crippen LogP contribution is 1.98. The van der Waals surface area contributed by atoms with Crippen molar-refractivity contribution in [2.24, 2.45) is 0 Å². The van der Waals surface area contributed by atoms with Crippen LogP contribution in [0, 0.1) is 0 Å². The number of nitrogens with zero attached hydrogens (tertiary/aromatic N) is 2. The average molecular weight is 342 g/mol. The number of carbonyl (C=O) groups is 2. The van der Waals surface area contributed by atoms with Crippen molar-refractivity contribution in [3.8, 4) is 0 Å². The van der Waals surface area contributed by atoms with Crippen molar-refractivity contribution in [2.45, 2.75) is 33.3 Å². The van der Waals surface area contributed by atoms with Crippen LogP contribution in [0.3, 0.4) is 0 Å². The normalized spacial score (nSPS) is 11.4. The van der Waals surface area contributed by atoms with Gasteiger partial charge in [0.1, 0.15) is 6.10 Å². The molecule has 6 heteroatoms. The zero-order valence-corrected chi connectivity index (χ0v) is 16.3. The van der Waals surface area contributed by atoms with E-state index in [2.05, 4.69) is 18.1 Å². The van der Waals surface area contributed by atoms with Crippen LogP contribution in [0.1, 0.15) is 27.2 Å². The van der Waals surface area contributed by atoms with Crippen LogP contribution in [-0.2, 0) is 19.1 Å². The number of ether oxygens (including phenoxy) is 2. The summed E-state index contributed by atoms with van der Waals surface area (Å²) in [5.74, 6) is -0.613. The molecule has 0 saturated carbocycles. The molecule has 0 amide bonds. The van der Waals surface area contributed by atoms with Gasteiger partial charge in [-0.1, -0.05) is 13.2 Å². The molecule has 0 heterocycles. The summed E-state index contributed by atoms with van der Waals surface area (Å²) in [7, 11) is 7.84. The highest BCUT2D eigenvalue weighted by molar-refractivity contribution is 5.87. The lowest BCUT2D eigenvalue weighted by molar-refractivity contribution is -0.144. The topological polar surface area (TPSA) is 59.1 Å². The minimum Gasteiger partial charge on any atom is -0.462 e. The van der Waals surface area contributed by atoms with Gasteiger partial charge in [0.2, 0.25) is 0 Å². The van der Waals surface area contributed by atoms with E-state index in [4.69, 9.17) is 9.47 Å². The van der Waals surface area contributed by atoms with E-state index in [1.807, 2.05) is 40.0 Å². The molecule has 0 bridgehead atoms. The molecule has 0 aliphatic rings. The van der Waals surface area contributed by atoms with Gasteiger partial charge in [0.25, 0.3) is 0 Å². The largest absolute Gasteiger partial charge is 0.462 e. The van der Waals surface area contributed by atoms with Crippen LogP contribution < -0.4 is 0 Å². The van der Waals surface area contributed by atoms with E-state index in [-0.39, 0.29) is 18.0 Å². The Morgan fingerprint density at radius 2 is 1.46 bits per heavy atom. The molecule has 0 aromatic heterocycles. The summed E-state index contributed by atoms with van der Waals surface area (Å²) in [5.41, 5.74) is 0.903. The molecule has 0 spiro atoms. The maximum absolute atomic E-state index is 11.0. The minimum absolute atomic E-state index is 0.0794. The Kier molecular flexibility index (Phi) is 14.1. The Hall–Kier alpha value is -1.66. The zero-order chi connectivity index (χ0) is 19.3. The second kappa shape index (κ2) is 13.7. The van der Waals surface area contributed by atoms with Gasteiger partial charge in [-0.3, -0.25) is 0 Å². The van der Waals surface area contributed by atoms with E-state index >= 15 is 0 Å². The Morgan fingerprint density at radius 3 is 1.83 bits per heavy atom. The van der Waals surface area contributed by atoms with Gasteiger partial charge in [0, 0.05) is 24.2 Å². The fourth-order valence-electron chi connectivity index (χ4n) is 1.50. The van der Waals surface area contributed by atoms with Crippen LogP contribution in [0.4, 0.5) is 0 Å². The van der Waals surface area contributed by atoms with Crippen molar-refractivity contribution >= 4 is 11.9 Å². The van der Waals surface area contributed by atoms with E-state index in [0.29, 0.717) is 17.8 Å². The molecule has 0 radical (unpaired) electrons. The summed E-state index contributed by atoms with van der Waals surface area (Å²) in [5, 5.41) is 0. The zero-order valence-electron chi connectivity index (χ0n) is 16.3. The third-order valence-corrected chi connectivity index (χ3v) is 2.61. The van der Waals surface area contributed by atoms with E-state index in [1.165, 1.54) is 0 Å². The number of hydrogen-bond donors (Lipinski definition) is 0. The predicted octanol–water partition coefficient (Wildman–Crippen LogP) is 2.11. The molecule has 0 saturated heterocycles. The molecule has 24 heavy (non-hydrogen) atoms. The maximum Gasteiger partial charge on any atom is 0.333 e. The van der Waals surface area contributed by atoms with Crippen molar-refractivity contribution in [1.29, 1.82) is 0 Å². The van der Waals surface area contributed by atoms with Crippen molar-refractivity contribution < 1.29 is 19.1 Å². The molecule has 0 N–H and O–H groups in total. The van der Waals surface area contributed by atoms with E-state index in [1.54, 1.807) is 13.8 Å². The summed E-state index contributed by atoms with van der Waals surface area (Å²) in [6.45, 7) is 14.3. The van der Waals surface area contributed by atoms with Crippen LogP contribution in [0.2, 0.25) is 0 Å². The lowest BCUT2D eigenvalue weighted by atomic mass is 10.3. The summed E-state index contributed by atoms with van der Waals surface area (Å²) in [6.07, 6.45) is 0.788. The van der Waals surface area contributed by atoms with E-state index in [0.717, 1.165) is 19.5 Å². The van der Waals surface area contributed by atoms with Gasteiger partial charge >= 0.3 is 11.9 Å². The fraction of sp³-hybridized carbons (Fsp3) is 0.667. The lowest BCUT2D eigenvalue weighted by Gasteiger charge is -2.17. The summed E-state index contributed by atoms with van der Waals surface area (Å²) in [6, 6.07) is 0. The molecule has 0 aromatic rings. The Balaban J connectivity index is 0. The van der Waals surface area contributed by atoms with Crippen molar-refractivity contribution in [3.05, 3.63) is 24.3 Å². The average Bonchev–Trinajstić information content (AvgIpc) is 2.42. The van der Waals surface area contributed by atoms with Crippen LogP contribution in [0.25, 0.3) is 0 Å². The molecular formula is C18H34N2O4. The molecule has 6 nitrogen and oxygen atoms in total. The Labute approximate surface area is 147 Å². The highest BCUT2D eigenvalue weighted by atomic mass is 16.5. The quantitative estimate of drug-likeness (QED) is 0.363. The highest BCUT2D eigenvalue weighted by Gasteiger charge is 2.10. The summed E-state index contributed by atoms with van der Waals surface area (Å²) in [4.78, 5) is 25.9. The number of hydrogen-bond acceptors (Lipinski definition) is 6. The Morgan fingerprint density at radius 1 is 0.958 bits per heavy atom. The van der Waals surface area contributed by atoms with Gasteiger partial charge in [-0.15, -0.1) is 0 Å². The van der Waals surface area contributed by atoms with Crippen molar-refractivity contribution in [3.63, 3.8) is 0 Å².